The van der Waals surface area contributed by atoms with Gasteiger partial charge in [0.1, 0.15) is 24.4 Å². The molecular formula is C17H19N3O4. The van der Waals surface area contributed by atoms with Gasteiger partial charge in [-0.1, -0.05) is 25.1 Å². The van der Waals surface area contributed by atoms with Crippen LogP contribution in [0.3, 0.4) is 0 Å². The van der Waals surface area contributed by atoms with E-state index in [1.165, 1.54) is 6.08 Å². The first-order chi connectivity index (χ1) is 11.4. The van der Waals surface area contributed by atoms with E-state index in [2.05, 4.69) is 0 Å². The molecule has 126 valence electrons. The Morgan fingerprint density at radius 1 is 1.12 bits per heavy atom. The third-order valence-electron chi connectivity index (χ3n) is 3.43. The third-order valence-corrected chi connectivity index (χ3v) is 3.43. The number of benzene rings is 1. The van der Waals surface area contributed by atoms with Gasteiger partial charge in [0.25, 0.3) is 0 Å². The standard InChI is InChI=1S/C17H19N3O4/c1-2-13-12(11-5-3-4-6-14(11)24-13)7-8-17(23)20(9-15(18)21)10-16(19)22/h3-8H,2,9-10H2,1H3,(H2,18,21)(H2,19,22)/b8-7+. The van der Waals surface area contributed by atoms with Crippen LogP contribution in [-0.2, 0) is 20.8 Å². The number of amides is 3. The second-order valence-electron chi connectivity index (χ2n) is 5.25. The van der Waals surface area contributed by atoms with E-state index in [1.807, 2.05) is 31.2 Å². The Balaban J connectivity index is 2.29. The van der Waals surface area contributed by atoms with Crippen LogP contribution in [0.1, 0.15) is 18.2 Å². The van der Waals surface area contributed by atoms with Crippen molar-refractivity contribution in [1.82, 2.24) is 4.90 Å². The van der Waals surface area contributed by atoms with Crippen molar-refractivity contribution in [1.29, 1.82) is 0 Å². The van der Waals surface area contributed by atoms with Crippen LogP contribution in [0, 0.1) is 0 Å². The number of fused-ring (bicyclic) bond motifs is 1. The number of rotatable bonds is 7. The van der Waals surface area contributed by atoms with Crippen molar-refractivity contribution in [3.05, 3.63) is 41.7 Å². The predicted octanol–water partition coefficient (Wildman–Crippen LogP) is 0.808. The molecule has 1 aromatic heterocycles. The Morgan fingerprint density at radius 2 is 1.75 bits per heavy atom. The number of carbonyl (C=O) groups is 3. The summed E-state index contributed by atoms with van der Waals surface area (Å²) in [7, 11) is 0. The highest BCUT2D eigenvalue weighted by molar-refractivity contribution is 5.99. The van der Waals surface area contributed by atoms with Crippen molar-refractivity contribution in [3.63, 3.8) is 0 Å². The number of carbonyl (C=O) groups excluding carboxylic acids is 3. The van der Waals surface area contributed by atoms with E-state index in [0.717, 1.165) is 27.2 Å². The van der Waals surface area contributed by atoms with Gasteiger partial charge in [-0.15, -0.1) is 0 Å². The van der Waals surface area contributed by atoms with Gasteiger partial charge in [0.15, 0.2) is 0 Å². The SMILES string of the molecule is CCc1oc2ccccc2c1/C=C/C(=O)N(CC(N)=O)CC(N)=O. The average molecular weight is 329 g/mol. The minimum Gasteiger partial charge on any atom is -0.460 e. The number of aryl methyl sites for hydroxylation is 1. The zero-order chi connectivity index (χ0) is 17.7. The molecule has 0 fully saturated rings. The molecule has 0 aliphatic heterocycles. The monoisotopic (exact) mass is 329 g/mol. The van der Waals surface area contributed by atoms with Crippen molar-refractivity contribution in [2.75, 3.05) is 13.1 Å². The molecule has 3 amide bonds. The fraction of sp³-hybridized carbons (Fsp3) is 0.235. The molecule has 0 spiro atoms. The summed E-state index contributed by atoms with van der Waals surface area (Å²) in [6.07, 6.45) is 3.55. The first kappa shape index (κ1) is 17.3. The highest BCUT2D eigenvalue weighted by Crippen LogP contribution is 2.27. The molecule has 7 nitrogen and oxygen atoms in total. The molecule has 2 aromatic rings. The Bertz CT molecular complexity index is 791. The maximum absolute atomic E-state index is 12.2. The second kappa shape index (κ2) is 7.45. The van der Waals surface area contributed by atoms with Crippen LogP contribution in [0.2, 0.25) is 0 Å². The van der Waals surface area contributed by atoms with Gasteiger partial charge in [-0.25, -0.2) is 0 Å². The topological polar surface area (TPSA) is 120 Å². The number of para-hydroxylation sites is 1. The van der Waals surface area contributed by atoms with Gasteiger partial charge in [-0.05, 0) is 12.1 Å². The number of hydrogen-bond acceptors (Lipinski definition) is 4. The zero-order valence-electron chi connectivity index (χ0n) is 13.3. The predicted molar refractivity (Wildman–Crippen MR) is 89.6 cm³/mol. The van der Waals surface area contributed by atoms with E-state index >= 15 is 0 Å². The first-order valence-corrected chi connectivity index (χ1v) is 7.46. The molecule has 7 heteroatoms. The molecule has 0 atom stereocenters. The minimum absolute atomic E-state index is 0.376. The summed E-state index contributed by atoms with van der Waals surface area (Å²) in [5, 5.41) is 0.884. The van der Waals surface area contributed by atoms with Crippen LogP contribution in [0.5, 0.6) is 0 Å². The highest BCUT2D eigenvalue weighted by Gasteiger charge is 2.16. The van der Waals surface area contributed by atoms with E-state index in [1.54, 1.807) is 6.08 Å². The van der Waals surface area contributed by atoms with Crippen LogP contribution in [0.15, 0.2) is 34.8 Å². The highest BCUT2D eigenvalue weighted by atomic mass is 16.3. The van der Waals surface area contributed by atoms with Gasteiger partial charge in [-0.2, -0.15) is 0 Å². The summed E-state index contributed by atoms with van der Waals surface area (Å²) in [6.45, 7) is 1.20. The zero-order valence-corrected chi connectivity index (χ0v) is 13.3. The van der Waals surface area contributed by atoms with Gasteiger partial charge in [-0.3, -0.25) is 14.4 Å². The molecule has 1 aromatic carbocycles. The van der Waals surface area contributed by atoms with Crippen LogP contribution in [-0.4, -0.2) is 35.7 Å². The maximum Gasteiger partial charge on any atom is 0.247 e. The number of hydrogen-bond donors (Lipinski definition) is 2. The molecule has 0 bridgehead atoms. The Hall–Kier alpha value is -3.09. The number of furan rings is 1. The van der Waals surface area contributed by atoms with Crippen LogP contribution < -0.4 is 11.5 Å². The van der Waals surface area contributed by atoms with Crippen LogP contribution >= 0.6 is 0 Å². The molecule has 0 aliphatic carbocycles. The van der Waals surface area contributed by atoms with E-state index in [9.17, 15) is 14.4 Å². The smallest absolute Gasteiger partial charge is 0.247 e. The largest absolute Gasteiger partial charge is 0.460 e. The molecule has 2 rings (SSSR count). The van der Waals surface area contributed by atoms with Crippen molar-refractivity contribution in [3.8, 4) is 0 Å². The van der Waals surface area contributed by atoms with Crippen LogP contribution in [0.25, 0.3) is 17.0 Å². The van der Waals surface area contributed by atoms with Gasteiger partial charge in [0, 0.05) is 23.4 Å². The van der Waals surface area contributed by atoms with Crippen molar-refractivity contribution >= 4 is 34.8 Å². The fourth-order valence-electron chi connectivity index (χ4n) is 2.41. The maximum atomic E-state index is 12.2. The number of nitrogens with zero attached hydrogens (tertiary/aromatic N) is 1. The lowest BCUT2D eigenvalue weighted by Crippen LogP contribution is -2.42. The lowest BCUT2D eigenvalue weighted by molar-refractivity contribution is -0.134. The first-order valence-electron chi connectivity index (χ1n) is 7.46. The third kappa shape index (κ3) is 4.01. The molecule has 4 N–H and O–H groups in total. The lowest BCUT2D eigenvalue weighted by Gasteiger charge is -2.17. The summed E-state index contributed by atoms with van der Waals surface area (Å²) in [6, 6.07) is 7.49. The molecular weight excluding hydrogens is 310 g/mol. The Kier molecular flexibility index (Phi) is 5.36. The molecule has 0 radical (unpaired) electrons. The fourth-order valence-corrected chi connectivity index (χ4v) is 2.41. The molecule has 24 heavy (non-hydrogen) atoms. The summed E-state index contributed by atoms with van der Waals surface area (Å²) in [5.74, 6) is -1.22. The summed E-state index contributed by atoms with van der Waals surface area (Å²) < 4.78 is 5.75. The normalized spacial score (nSPS) is 11.0. The number of nitrogens with two attached hydrogens (primary N) is 2. The number of primary amides is 2. The average Bonchev–Trinajstić information content (AvgIpc) is 2.88. The van der Waals surface area contributed by atoms with E-state index < -0.39 is 17.7 Å². The Morgan fingerprint density at radius 3 is 2.33 bits per heavy atom. The van der Waals surface area contributed by atoms with Gasteiger partial charge < -0.3 is 20.8 Å². The van der Waals surface area contributed by atoms with Crippen molar-refractivity contribution < 1.29 is 18.8 Å². The summed E-state index contributed by atoms with van der Waals surface area (Å²) in [4.78, 5) is 35.3. The van der Waals surface area contributed by atoms with E-state index in [-0.39, 0.29) is 13.1 Å². The van der Waals surface area contributed by atoms with Crippen molar-refractivity contribution in [2.24, 2.45) is 11.5 Å². The molecule has 0 aliphatic rings. The van der Waals surface area contributed by atoms with Crippen molar-refractivity contribution in [2.45, 2.75) is 13.3 Å². The van der Waals surface area contributed by atoms with Gasteiger partial charge >= 0.3 is 0 Å². The molecule has 0 unspecified atom stereocenters. The molecule has 0 saturated carbocycles. The summed E-state index contributed by atoms with van der Waals surface area (Å²) >= 11 is 0. The quantitative estimate of drug-likeness (QED) is 0.730. The van der Waals surface area contributed by atoms with E-state index in [0.29, 0.717) is 6.42 Å². The second-order valence-corrected chi connectivity index (χ2v) is 5.25. The lowest BCUT2D eigenvalue weighted by atomic mass is 10.1. The molecule has 1 heterocycles. The Labute approximate surface area is 138 Å². The molecule has 0 saturated heterocycles. The minimum atomic E-state index is -0.721. The van der Waals surface area contributed by atoms with Crippen LogP contribution in [0.4, 0.5) is 0 Å². The van der Waals surface area contributed by atoms with E-state index in [4.69, 9.17) is 15.9 Å². The summed E-state index contributed by atoms with van der Waals surface area (Å²) in [5.41, 5.74) is 11.7. The van der Waals surface area contributed by atoms with Gasteiger partial charge in [0.05, 0.1) is 0 Å². The van der Waals surface area contributed by atoms with Gasteiger partial charge in [0.2, 0.25) is 17.7 Å².